The van der Waals surface area contributed by atoms with Crippen LogP contribution in [0, 0.1) is 6.92 Å². The van der Waals surface area contributed by atoms with Gasteiger partial charge in [0.15, 0.2) is 5.11 Å². The highest BCUT2D eigenvalue weighted by Gasteiger charge is 2.40. The highest BCUT2D eigenvalue weighted by Crippen LogP contribution is 2.42. The maximum atomic E-state index is 12.9. The largest absolute Gasteiger partial charge is 0.352 e. The lowest BCUT2D eigenvalue weighted by molar-refractivity contribution is -0.116. The zero-order valence-electron chi connectivity index (χ0n) is 18.2. The van der Waals surface area contributed by atoms with Crippen LogP contribution in [0.2, 0.25) is 0 Å². The van der Waals surface area contributed by atoms with Gasteiger partial charge in [0.1, 0.15) is 0 Å². The van der Waals surface area contributed by atoms with Crippen LogP contribution in [0.1, 0.15) is 34.6 Å². The van der Waals surface area contributed by atoms with Crippen LogP contribution < -0.4 is 10.6 Å². The number of rotatable bonds is 6. The van der Waals surface area contributed by atoms with E-state index in [1.807, 2.05) is 60.7 Å². The molecule has 7 heteroatoms. The van der Waals surface area contributed by atoms with Crippen molar-refractivity contribution in [2.45, 2.75) is 25.4 Å². The summed E-state index contributed by atoms with van der Waals surface area (Å²) in [6, 6.07) is 22.0. The topological polar surface area (TPSA) is 57.3 Å². The Morgan fingerprint density at radius 2 is 1.94 bits per heavy atom. The molecule has 4 aromatic rings. The molecule has 1 saturated heterocycles. The van der Waals surface area contributed by atoms with Gasteiger partial charge >= 0.3 is 0 Å². The minimum absolute atomic E-state index is 0.00208. The van der Waals surface area contributed by atoms with Crippen molar-refractivity contribution in [1.29, 1.82) is 0 Å². The molecule has 5 rings (SSSR count). The molecule has 5 nitrogen and oxygen atoms in total. The number of fused-ring (bicyclic) bond motifs is 1. The molecule has 0 saturated carbocycles. The summed E-state index contributed by atoms with van der Waals surface area (Å²) >= 11 is 7.44. The standard InChI is InChI=1S/C26H24N4OS2/c1-17-13-16-33-25(17)24-23(21-10-4-5-14-27-21)29-26(32)30(24)15-12-22(31)28-20-11-6-8-18-7-2-3-9-19(18)20/h2-11,13-14,16,23-24H,12,15H2,1H3,(H,28,31)(H,29,32)/t23-,24+/m1/s1. The van der Waals surface area contributed by atoms with E-state index in [1.54, 1.807) is 17.5 Å². The Bertz CT molecular complexity index is 1300. The van der Waals surface area contributed by atoms with E-state index in [0.717, 1.165) is 22.2 Å². The molecular weight excluding hydrogens is 448 g/mol. The van der Waals surface area contributed by atoms with Crippen molar-refractivity contribution < 1.29 is 4.79 Å². The number of aryl methyl sites for hydroxylation is 1. The third-order valence-electron chi connectivity index (χ3n) is 6.01. The first-order chi connectivity index (χ1) is 16.1. The fourth-order valence-corrected chi connectivity index (χ4v) is 5.79. The van der Waals surface area contributed by atoms with Crippen LogP contribution in [0.4, 0.5) is 5.69 Å². The minimum Gasteiger partial charge on any atom is -0.352 e. The Labute approximate surface area is 202 Å². The molecule has 1 aliphatic rings. The SMILES string of the molecule is Cc1ccsc1[C@@H]1[C@@H](c2ccccn2)NC(=S)N1CCC(=O)Nc1cccc2ccccc12. The van der Waals surface area contributed by atoms with Crippen molar-refractivity contribution in [3.05, 3.63) is 94.4 Å². The molecule has 1 amide bonds. The van der Waals surface area contributed by atoms with Crippen molar-refractivity contribution in [3.8, 4) is 0 Å². The average Bonchev–Trinajstić information content (AvgIpc) is 3.40. The predicted octanol–water partition coefficient (Wildman–Crippen LogP) is 5.61. The number of anilines is 1. The van der Waals surface area contributed by atoms with Crippen LogP contribution >= 0.6 is 23.6 Å². The van der Waals surface area contributed by atoms with Gasteiger partial charge in [-0.25, -0.2) is 0 Å². The lowest BCUT2D eigenvalue weighted by Gasteiger charge is -2.27. The smallest absolute Gasteiger partial charge is 0.226 e. The maximum Gasteiger partial charge on any atom is 0.226 e. The molecule has 0 bridgehead atoms. The second-order valence-electron chi connectivity index (χ2n) is 8.11. The van der Waals surface area contributed by atoms with E-state index < -0.39 is 0 Å². The number of hydrogen-bond acceptors (Lipinski definition) is 4. The summed E-state index contributed by atoms with van der Waals surface area (Å²) in [6.07, 6.45) is 2.14. The molecule has 0 aliphatic carbocycles. The van der Waals surface area contributed by atoms with Crippen LogP contribution in [0.15, 0.2) is 78.3 Å². The molecule has 33 heavy (non-hydrogen) atoms. The van der Waals surface area contributed by atoms with E-state index >= 15 is 0 Å². The molecule has 3 heterocycles. The van der Waals surface area contributed by atoms with Gasteiger partial charge in [0.25, 0.3) is 0 Å². The summed E-state index contributed by atoms with van der Waals surface area (Å²) in [5.74, 6) is -0.0305. The van der Waals surface area contributed by atoms with Crippen LogP contribution in [-0.4, -0.2) is 27.4 Å². The number of nitrogens with one attached hydrogen (secondary N) is 2. The highest BCUT2D eigenvalue weighted by atomic mass is 32.1. The Morgan fingerprint density at radius 3 is 2.73 bits per heavy atom. The number of amides is 1. The fourth-order valence-electron chi connectivity index (χ4n) is 4.39. The van der Waals surface area contributed by atoms with Gasteiger partial charge in [-0.1, -0.05) is 42.5 Å². The third-order valence-corrected chi connectivity index (χ3v) is 7.45. The van der Waals surface area contributed by atoms with Crippen molar-refractivity contribution in [3.63, 3.8) is 0 Å². The number of thiophene rings is 1. The first kappa shape index (κ1) is 21.6. The molecule has 0 radical (unpaired) electrons. The summed E-state index contributed by atoms with van der Waals surface area (Å²) in [7, 11) is 0. The van der Waals surface area contributed by atoms with Crippen molar-refractivity contribution >= 4 is 51.0 Å². The lowest BCUT2D eigenvalue weighted by atomic mass is 10.0. The number of nitrogens with zero attached hydrogens (tertiary/aromatic N) is 2. The van der Waals surface area contributed by atoms with Gasteiger partial charge in [-0.05, 0) is 59.7 Å². The van der Waals surface area contributed by atoms with Gasteiger partial charge in [-0.15, -0.1) is 11.3 Å². The monoisotopic (exact) mass is 472 g/mol. The molecule has 1 fully saturated rings. The number of pyridine rings is 1. The number of benzene rings is 2. The Morgan fingerprint density at radius 1 is 1.12 bits per heavy atom. The van der Waals surface area contributed by atoms with Gasteiger partial charge in [0.2, 0.25) is 5.91 Å². The molecular formula is C26H24N4OS2. The summed E-state index contributed by atoms with van der Waals surface area (Å²) in [5, 5.41) is 11.4. The summed E-state index contributed by atoms with van der Waals surface area (Å²) in [4.78, 5) is 20.9. The number of hydrogen-bond donors (Lipinski definition) is 2. The zero-order chi connectivity index (χ0) is 22.8. The lowest BCUT2D eigenvalue weighted by Crippen LogP contribution is -2.32. The quantitative estimate of drug-likeness (QED) is 0.358. The van der Waals surface area contributed by atoms with Crippen molar-refractivity contribution in [2.24, 2.45) is 0 Å². The Kier molecular flexibility index (Phi) is 6.07. The van der Waals surface area contributed by atoms with E-state index in [-0.39, 0.29) is 18.0 Å². The first-order valence-electron chi connectivity index (χ1n) is 10.9. The summed E-state index contributed by atoms with van der Waals surface area (Å²) < 4.78 is 0. The third kappa shape index (κ3) is 4.34. The molecule has 2 aromatic heterocycles. The van der Waals surface area contributed by atoms with Crippen molar-refractivity contribution in [1.82, 2.24) is 15.2 Å². The van der Waals surface area contributed by atoms with Gasteiger partial charge < -0.3 is 15.5 Å². The van der Waals surface area contributed by atoms with Crippen LogP contribution in [0.25, 0.3) is 10.8 Å². The van der Waals surface area contributed by atoms with E-state index in [9.17, 15) is 4.79 Å². The van der Waals surface area contributed by atoms with E-state index in [2.05, 4.69) is 38.9 Å². The van der Waals surface area contributed by atoms with E-state index in [4.69, 9.17) is 12.2 Å². The molecule has 1 aliphatic heterocycles. The Balaban J connectivity index is 1.36. The fraction of sp³-hybridized carbons (Fsp3) is 0.192. The second-order valence-corrected chi connectivity index (χ2v) is 9.45. The number of carbonyl (C=O) groups excluding carboxylic acids is 1. The van der Waals surface area contributed by atoms with Crippen LogP contribution in [-0.2, 0) is 4.79 Å². The molecule has 0 spiro atoms. The van der Waals surface area contributed by atoms with E-state index in [1.165, 1.54) is 10.4 Å². The molecule has 2 aromatic carbocycles. The van der Waals surface area contributed by atoms with Gasteiger partial charge in [-0.2, -0.15) is 0 Å². The van der Waals surface area contributed by atoms with Gasteiger partial charge in [0, 0.05) is 35.1 Å². The number of carbonyl (C=O) groups is 1. The minimum atomic E-state index is -0.0582. The van der Waals surface area contributed by atoms with Gasteiger partial charge in [0.05, 0.1) is 17.8 Å². The van der Waals surface area contributed by atoms with Crippen molar-refractivity contribution in [2.75, 3.05) is 11.9 Å². The second kappa shape index (κ2) is 9.29. The number of thiocarbonyl (C=S) groups is 1. The molecule has 2 N–H and O–H groups in total. The average molecular weight is 473 g/mol. The molecule has 166 valence electrons. The first-order valence-corrected chi connectivity index (χ1v) is 12.2. The predicted molar refractivity (Wildman–Crippen MR) is 138 cm³/mol. The maximum absolute atomic E-state index is 12.9. The molecule has 2 atom stereocenters. The normalized spacial score (nSPS) is 17.8. The Hall–Kier alpha value is -3.29. The van der Waals surface area contributed by atoms with Gasteiger partial charge in [-0.3, -0.25) is 9.78 Å². The van der Waals surface area contributed by atoms with Crippen LogP contribution in [0.3, 0.4) is 0 Å². The van der Waals surface area contributed by atoms with E-state index in [0.29, 0.717) is 18.1 Å². The highest BCUT2D eigenvalue weighted by molar-refractivity contribution is 7.80. The summed E-state index contributed by atoms with van der Waals surface area (Å²) in [6.45, 7) is 2.64. The summed E-state index contributed by atoms with van der Waals surface area (Å²) in [5.41, 5.74) is 3.00. The molecule has 0 unspecified atom stereocenters. The number of aromatic nitrogens is 1. The van der Waals surface area contributed by atoms with Crippen LogP contribution in [0.5, 0.6) is 0 Å². The zero-order valence-corrected chi connectivity index (χ0v) is 19.8.